The quantitative estimate of drug-likeness (QED) is 0.876. The molecule has 0 unspecified atom stereocenters. The largest absolute Gasteiger partial charge is 0.478 e. The topological polar surface area (TPSA) is 71.3 Å². The summed E-state index contributed by atoms with van der Waals surface area (Å²) >= 11 is 7.18. The number of carboxylic acids is 1. The number of carbonyl (C=O) groups excluding carboxylic acids is 1. The molecule has 112 valence electrons. The number of aryl methyl sites for hydroxylation is 2. The highest BCUT2D eigenvalue weighted by Crippen LogP contribution is 2.28. The van der Waals surface area contributed by atoms with Crippen molar-refractivity contribution in [2.75, 3.05) is 5.32 Å². The van der Waals surface area contributed by atoms with Gasteiger partial charge in [0, 0.05) is 17.6 Å². The molecular formula is C14H15ClN2O3S. The molecule has 2 heterocycles. The second kappa shape index (κ2) is 6.32. The lowest BCUT2D eigenvalue weighted by molar-refractivity contribution is 0.0698. The summed E-state index contributed by atoms with van der Waals surface area (Å²) in [6, 6.07) is 3.12. The molecule has 0 aliphatic carbocycles. The maximum atomic E-state index is 12.3. The number of carbonyl (C=O) groups is 2. The smallest absolute Gasteiger partial charge is 0.338 e. The van der Waals surface area contributed by atoms with E-state index in [1.807, 2.05) is 6.92 Å². The fourth-order valence-corrected chi connectivity index (χ4v) is 3.14. The number of halogens is 1. The molecule has 0 bridgehead atoms. The Morgan fingerprint density at radius 3 is 2.76 bits per heavy atom. The lowest BCUT2D eigenvalue weighted by Gasteiger charge is -2.08. The summed E-state index contributed by atoms with van der Waals surface area (Å²) < 4.78 is 1.76. The van der Waals surface area contributed by atoms with E-state index < -0.39 is 5.97 Å². The highest BCUT2D eigenvalue weighted by Gasteiger charge is 2.19. The molecule has 0 radical (unpaired) electrons. The van der Waals surface area contributed by atoms with E-state index in [0.29, 0.717) is 22.3 Å². The molecule has 0 aliphatic heterocycles. The second-order valence-corrected chi connectivity index (χ2v) is 6.29. The average Bonchev–Trinajstić information content (AvgIpc) is 2.93. The number of nitrogens with one attached hydrogen (secondary N) is 1. The fourth-order valence-electron chi connectivity index (χ4n) is 2.02. The highest BCUT2D eigenvalue weighted by molar-refractivity contribution is 7.16. The first kappa shape index (κ1) is 15.6. The van der Waals surface area contributed by atoms with Crippen molar-refractivity contribution >= 4 is 39.8 Å². The van der Waals surface area contributed by atoms with Crippen LogP contribution in [0.2, 0.25) is 5.02 Å². The highest BCUT2D eigenvalue weighted by atomic mass is 35.5. The van der Waals surface area contributed by atoms with E-state index in [4.69, 9.17) is 16.7 Å². The number of aromatic carboxylic acids is 1. The first-order valence-electron chi connectivity index (χ1n) is 6.43. The molecule has 0 atom stereocenters. The zero-order valence-electron chi connectivity index (χ0n) is 11.6. The van der Waals surface area contributed by atoms with Crippen LogP contribution >= 0.6 is 22.9 Å². The van der Waals surface area contributed by atoms with Crippen molar-refractivity contribution < 1.29 is 14.7 Å². The van der Waals surface area contributed by atoms with Crippen molar-refractivity contribution in [2.45, 2.75) is 26.8 Å². The molecule has 0 aliphatic rings. The number of nitrogens with zero attached hydrogens (tertiary/aromatic N) is 1. The average molecular weight is 327 g/mol. The SMILES string of the molecule is CCCn1cc(Cl)cc1C(=O)Nc1sc(C)cc1C(=O)O. The number of anilines is 1. The van der Waals surface area contributed by atoms with Crippen LogP contribution in [-0.4, -0.2) is 21.6 Å². The van der Waals surface area contributed by atoms with E-state index in [9.17, 15) is 9.59 Å². The van der Waals surface area contributed by atoms with Crippen LogP contribution in [0.1, 0.15) is 39.1 Å². The minimum Gasteiger partial charge on any atom is -0.478 e. The number of hydrogen-bond donors (Lipinski definition) is 2. The molecule has 2 aromatic heterocycles. The Balaban J connectivity index is 2.28. The third-order valence-electron chi connectivity index (χ3n) is 2.87. The predicted molar refractivity (Wildman–Crippen MR) is 83.7 cm³/mol. The van der Waals surface area contributed by atoms with Gasteiger partial charge >= 0.3 is 5.97 Å². The maximum Gasteiger partial charge on any atom is 0.338 e. The van der Waals surface area contributed by atoms with Crippen LogP contribution in [-0.2, 0) is 6.54 Å². The molecule has 7 heteroatoms. The molecule has 0 spiro atoms. The molecule has 0 aromatic carbocycles. The molecule has 0 saturated carbocycles. The minimum atomic E-state index is -1.06. The molecular weight excluding hydrogens is 312 g/mol. The van der Waals surface area contributed by atoms with Crippen molar-refractivity contribution in [3.8, 4) is 0 Å². The third kappa shape index (κ3) is 3.46. The Morgan fingerprint density at radius 1 is 1.43 bits per heavy atom. The summed E-state index contributed by atoms with van der Waals surface area (Å²) in [5.41, 5.74) is 0.523. The summed E-state index contributed by atoms with van der Waals surface area (Å²) in [5.74, 6) is -1.42. The lowest BCUT2D eigenvalue weighted by atomic mass is 10.3. The van der Waals surface area contributed by atoms with E-state index in [0.717, 1.165) is 11.3 Å². The Bertz CT molecular complexity index is 690. The van der Waals surface area contributed by atoms with Gasteiger partial charge in [-0.2, -0.15) is 0 Å². The van der Waals surface area contributed by atoms with Gasteiger partial charge in [0.15, 0.2) is 0 Å². The van der Waals surface area contributed by atoms with Crippen molar-refractivity contribution in [1.29, 1.82) is 0 Å². The van der Waals surface area contributed by atoms with Crippen LogP contribution in [0.15, 0.2) is 18.3 Å². The van der Waals surface area contributed by atoms with Gasteiger partial charge in [-0.15, -0.1) is 11.3 Å². The van der Waals surface area contributed by atoms with Crippen molar-refractivity contribution in [1.82, 2.24) is 4.57 Å². The van der Waals surface area contributed by atoms with Gasteiger partial charge in [-0.1, -0.05) is 18.5 Å². The summed E-state index contributed by atoms with van der Waals surface area (Å²) in [6.45, 7) is 4.47. The second-order valence-electron chi connectivity index (χ2n) is 4.60. The summed E-state index contributed by atoms with van der Waals surface area (Å²) in [6.07, 6.45) is 2.56. The molecule has 0 saturated heterocycles. The zero-order chi connectivity index (χ0) is 15.6. The van der Waals surface area contributed by atoms with E-state index in [1.54, 1.807) is 29.8 Å². The van der Waals surface area contributed by atoms with Crippen LogP contribution in [0.4, 0.5) is 5.00 Å². The molecule has 1 amide bonds. The number of carboxylic acid groups (broad SMARTS) is 1. The fraction of sp³-hybridized carbons (Fsp3) is 0.286. The van der Waals surface area contributed by atoms with Crippen LogP contribution in [0.3, 0.4) is 0 Å². The maximum absolute atomic E-state index is 12.3. The Morgan fingerprint density at radius 2 is 2.14 bits per heavy atom. The minimum absolute atomic E-state index is 0.102. The molecule has 2 N–H and O–H groups in total. The molecule has 2 rings (SSSR count). The van der Waals surface area contributed by atoms with Crippen LogP contribution in [0.5, 0.6) is 0 Å². The first-order valence-corrected chi connectivity index (χ1v) is 7.62. The van der Waals surface area contributed by atoms with Gasteiger partial charge < -0.3 is 15.0 Å². The van der Waals surface area contributed by atoms with Gasteiger partial charge in [0.05, 0.1) is 10.6 Å². The molecule has 5 nitrogen and oxygen atoms in total. The number of thiophene rings is 1. The van der Waals surface area contributed by atoms with Gasteiger partial charge in [0.25, 0.3) is 5.91 Å². The molecule has 0 fully saturated rings. The summed E-state index contributed by atoms with van der Waals surface area (Å²) in [4.78, 5) is 24.3. The van der Waals surface area contributed by atoms with Crippen molar-refractivity contribution in [3.05, 3.63) is 39.5 Å². The monoisotopic (exact) mass is 326 g/mol. The number of hydrogen-bond acceptors (Lipinski definition) is 3. The Hall–Kier alpha value is -1.79. The standard InChI is InChI=1S/C14H15ClN2O3S/c1-3-4-17-7-9(15)6-11(17)12(18)16-13-10(14(19)20)5-8(2)21-13/h5-7H,3-4H2,1-2H3,(H,16,18)(H,19,20). The van der Waals surface area contributed by atoms with Gasteiger partial charge in [-0.05, 0) is 25.5 Å². The molecule has 2 aromatic rings. The Kier molecular flexibility index (Phi) is 4.69. The predicted octanol–water partition coefficient (Wildman–Crippen LogP) is 3.87. The van der Waals surface area contributed by atoms with Crippen LogP contribution < -0.4 is 5.32 Å². The van der Waals surface area contributed by atoms with E-state index in [1.165, 1.54) is 11.3 Å². The van der Waals surface area contributed by atoms with E-state index in [-0.39, 0.29) is 11.5 Å². The van der Waals surface area contributed by atoms with Gasteiger partial charge in [0.2, 0.25) is 0 Å². The van der Waals surface area contributed by atoms with Crippen LogP contribution in [0.25, 0.3) is 0 Å². The van der Waals surface area contributed by atoms with Crippen molar-refractivity contribution in [3.63, 3.8) is 0 Å². The number of rotatable bonds is 5. The summed E-state index contributed by atoms with van der Waals surface area (Å²) in [7, 11) is 0. The Labute approximate surface area is 131 Å². The van der Waals surface area contributed by atoms with Gasteiger partial charge in [-0.25, -0.2) is 4.79 Å². The lowest BCUT2D eigenvalue weighted by Crippen LogP contribution is -2.17. The van der Waals surface area contributed by atoms with Gasteiger partial charge in [0.1, 0.15) is 10.7 Å². The zero-order valence-corrected chi connectivity index (χ0v) is 13.2. The van der Waals surface area contributed by atoms with Crippen molar-refractivity contribution in [2.24, 2.45) is 0 Å². The third-order valence-corrected chi connectivity index (χ3v) is 4.05. The van der Waals surface area contributed by atoms with E-state index >= 15 is 0 Å². The normalized spacial score (nSPS) is 10.6. The van der Waals surface area contributed by atoms with Gasteiger partial charge in [-0.3, -0.25) is 4.79 Å². The molecule has 21 heavy (non-hydrogen) atoms. The van der Waals surface area contributed by atoms with E-state index in [2.05, 4.69) is 5.32 Å². The van der Waals surface area contributed by atoms with Crippen LogP contribution in [0, 0.1) is 6.92 Å². The number of amides is 1. The summed E-state index contributed by atoms with van der Waals surface area (Å²) in [5, 5.41) is 12.6. The number of aromatic nitrogens is 1. The first-order chi connectivity index (χ1) is 9.92.